The molecule has 0 aliphatic rings. The van der Waals surface area contributed by atoms with Crippen LogP contribution in [0.1, 0.15) is 22.6 Å². The zero-order chi connectivity index (χ0) is 22.1. The van der Waals surface area contributed by atoms with Gasteiger partial charge in [-0.15, -0.1) is 0 Å². The number of amides is 3. The van der Waals surface area contributed by atoms with Gasteiger partial charge in [-0.3, -0.25) is 10.1 Å². The molecule has 0 saturated carbocycles. The highest BCUT2D eigenvalue weighted by Gasteiger charge is 2.12. The Morgan fingerprint density at radius 3 is 2.60 bits per heavy atom. The van der Waals surface area contributed by atoms with E-state index in [-0.39, 0.29) is 6.61 Å². The number of benzene rings is 1. The number of ether oxygens (including phenoxy) is 3. The lowest BCUT2D eigenvalue weighted by Crippen LogP contribution is -2.39. The molecule has 1 aromatic heterocycles. The summed E-state index contributed by atoms with van der Waals surface area (Å²) in [6.07, 6.45) is 2.66. The zero-order valence-corrected chi connectivity index (χ0v) is 17.1. The van der Waals surface area contributed by atoms with Gasteiger partial charge in [0.05, 0.1) is 18.4 Å². The molecule has 0 bridgehead atoms. The standard InChI is InChI=1S/C20H23N3O7/c1-12-15(13(2)30-23-12)10-28-16-7-5-14(9-17(16)27-4)6-8-19(25)29-11-18(24)22-20(26)21-3/h5-9H,10-11H2,1-4H3,(H2,21,22,24,26)/b8-6+. The summed E-state index contributed by atoms with van der Waals surface area (Å²) in [6.45, 7) is 3.35. The number of aryl methyl sites for hydroxylation is 2. The van der Waals surface area contributed by atoms with Gasteiger partial charge < -0.3 is 24.1 Å². The smallest absolute Gasteiger partial charge is 0.331 e. The SMILES string of the molecule is CNC(=O)NC(=O)COC(=O)/C=C/c1ccc(OCc2c(C)noc2C)c(OC)c1. The summed E-state index contributed by atoms with van der Waals surface area (Å²) in [5.74, 6) is 0.205. The number of rotatable bonds is 8. The molecule has 30 heavy (non-hydrogen) atoms. The number of hydrogen-bond donors (Lipinski definition) is 2. The van der Waals surface area contributed by atoms with E-state index in [1.165, 1.54) is 20.2 Å². The van der Waals surface area contributed by atoms with Gasteiger partial charge >= 0.3 is 12.0 Å². The number of nitrogens with zero attached hydrogens (tertiary/aromatic N) is 1. The first-order valence-electron chi connectivity index (χ1n) is 8.93. The van der Waals surface area contributed by atoms with Crippen LogP contribution >= 0.6 is 0 Å². The lowest BCUT2D eigenvalue weighted by atomic mass is 10.2. The average Bonchev–Trinajstić information content (AvgIpc) is 3.06. The van der Waals surface area contributed by atoms with Gasteiger partial charge in [-0.05, 0) is 37.6 Å². The summed E-state index contributed by atoms with van der Waals surface area (Å²) in [5.41, 5.74) is 2.28. The van der Waals surface area contributed by atoms with E-state index in [4.69, 9.17) is 18.7 Å². The average molecular weight is 417 g/mol. The molecule has 160 valence electrons. The second-order valence-electron chi connectivity index (χ2n) is 6.07. The number of nitrogens with one attached hydrogen (secondary N) is 2. The molecular weight excluding hydrogens is 394 g/mol. The Morgan fingerprint density at radius 2 is 1.97 bits per heavy atom. The zero-order valence-electron chi connectivity index (χ0n) is 17.1. The molecule has 3 amide bonds. The van der Waals surface area contributed by atoms with E-state index in [0.29, 0.717) is 22.8 Å². The van der Waals surface area contributed by atoms with Crippen molar-refractivity contribution >= 4 is 24.0 Å². The van der Waals surface area contributed by atoms with Crippen LogP contribution in [0.3, 0.4) is 0 Å². The summed E-state index contributed by atoms with van der Waals surface area (Å²) in [7, 11) is 2.86. The predicted octanol–water partition coefficient (Wildman–Crippen LogP) is 1.89. The van der Waals surface area contributed by atoms with Gasteiger partial charge in [-0.25, -0.2) is 9.59 Å². The minimum atomic E-state index is -0.738. The van der Waals surface area contributed by atoms with Gasteiger partial charge in [0.2, 0.25) is 0 Å². The Kier molecular flexibility index (Phi) is 7.98. The number of urea groups is 1. The summed E-state index contributed by atoms with van der Waals surface area (Å²) < 4.78 is 21.0. The van der Waals surface area contributed by atoms with E-state index in [2.05, 4.69) is 10.5 Å². The molecule has 0 aliphatic carbocycles. The van der Waals surface area contributed by atoms with Crippen LogP contribution in [0.4, 0.5) is 4.79 Å². The van der Waals surface area contributed by atoms with Gasteiger partial charge in [0, 0.05) is 13.1 Å². The Hall–Kier alpha value is -3.82. The molecule has 1 aromatic carbocycles. The topological polar surface area (TPSA) is 129 Å². The van der Waals surface area contributed by atoms with Crippen molar-refractivity contribution in [3.63, 3.8) is 0 Å². The fourth-order valence-electron chi connectivity index (χ4n) is 2.34. The molecule has 10 heteroatoms. The maximum atomic E-state index is 11.7. The number of carbonyl (C=O) groups excluding carboxylic acids is 3. The Morgan fingerprint density at radius 1 is 1.20 bits per heavy atom. The normalized spacial score (nSPS) is 10.5. The minimum absolute atomic E-state index is 0.275. The molecule has 0 fully saturated rings. The molecule has 0 radical (unpaired) electrons. The maximum absolute atomic E-state index is 11.7. The van der Waals surface area contributed by atoms with Crippen molar-refractivity contribution in [1.29, 1.82) is 0 Å². The highest BCUT2D eigenvalue weighted by atomic mass is 16.5. The fraction of sp³-hybridized carbons (Fsp3) is 0.300. The second kappa shape index (κ2) is 10.6. The van der Waals surface area contributed by atoms with Crippen LogP contribution in [0.2, 0.25) is 0 Å². The lowest BCUT2D eigenvalue weighted by Gasteiger charge is -2.11. The Bertz CT molecular complexity index is 930. The first-order chi connectivity index (χ1) is 14.3. The van der Waals surface area contributed by atoms with Gasteiger partial charge in [0.15, 0.2) is 18.1 Å². The van der Waals surface area contributed by atoms with Crippen LogP contribution in [0.5, 0.6) is 11.5 Å². The largest absolute Gasteiger partial charge is 0.493 e. The lowest BCUT2D eigenvalue weighted by molar-refractivity contribution is -0.143. The maximum Gasteiger partial charge on any atom is 0.331 e. The third kappa shape index (κ3) is 6.36. The van der Waals surface area contributed by atoms with Gasteiger partial charge in [0.25, 0.3) is 5.91 Å². The monoisotopic (exact) mass is 417 g/mol. The van der Waals surface area contributed by atoms with Crippen molar-refractivity contribution in [2.45, 2.75) is 20.5 Å². The first-order valence-corrected chi connectivity index (χ1v) is 8.93. The number of aromatic nitrogens is 1. The van der Waals surface area contributed by atoms with E-state index in [1.807, 2.05) is 19.2 Å². The molecular formula is C20H23N3O7. The van der Waals surface area contributed by atoms with Gasteiger partial charge in [-0.1, -0.05) is 11.2 Å². The van der Waals surface area contributed by atoms with Crippen LogP contribution < -0.4 is 20.1 Å². The molecule has 0 unspecified atom stereocenters. The van der Waals surface area contributed by atoms with Gasteiger partial charge in [-0.2, -0.15) is 0 Å². The van der Waals surface area contributed by atoms with Crippen LogP contribution in [0, 0.1) is 13.8 Å². The van der Waals surface area contributed by atoms with Crippen molar-refractivity contribution in [1.82, 2.24) is 15.8 Å². The summed E-state index contributed by atoms with van der Waals surface area (Å²) in [5, 5.41) is 8.08. The number of methoxy groups -OCH3 is 1. The number of carbonyl (C=O) groups is 3. The molecule has 2 aromatic rings. The van der Waals surface area contributed by atoms with Crippen molar-refractivity contribution in [3.05, 3.63) is 46.9 Å². The van der Waals surface area contributed by atoms with Crippen LogP contribution in [0.15, 0.2) is 28.8 Å². The highest BCUT2D eigenvalue weighted by Crippen LogP contribution is 2.30. The van der Waals surface area contributed by atoms with E-state index in [1.54, 1.807) is 18.2 Å². The van der Waals surface area contributed by atoms with Crippen molar-refractivity contribution < 1.29 is 33.1 Å². The van der Waals surface area contributed by atoms with E-state index in [9.17, 15) is 14.4 Å². The molecule has 10 nitrogen and oxygen atoms in total. The van der Waals surface area contributed by atoms with Crippen molar-refractivity contribution in [3.8, 4) is 11.5 Å². The number of esters is 1. The summed E-state index contributed by atoms with van der Waals surface area (Å²) in [6, 6.07) is 4.44. The molecule has 1 heterocycles. The van der Waals surface area contributed by atoms with Crippen LogP contribution in [-0.2, 0) is 20.9 Å². The van der Waals surface area contributed by atoms with Crippen molar-refractivity contribution in [2.75, 3.05) is 20.8 Å². The molecule has 0 spiro atoms. The predicted molar refractivity (Wildman–Crippen MR) is 106 cm³/mol. The molecule has 2 rings (SSSR count). The number of hydrogen-bond acceptors (Lipinski definition) is 8. The van der Waals surface area contributed by atoms with Crippen LogP contribution in [0.25, 0.3) is 6.08 Å². The van der Waals surface area contributed by atoms with E-state index >= 15 is 0 Å². The van der Waals surface area contributed by atoms with E-state index in [0.717, 1.165) is 17.3 Å². The van der Waals surface area contributed by atoms with Crippen LogP contribution in [-0.4, -0.2) is 43.8 Å². The molecule has 0 atom stereocenters. The molecule has 0 saturated heterocycles. The second-order valence-corrected chi connectivity index (χ2v) is 6.07. The number of imide groups is 1. The third-order valence-electron chi connectivity index (χ3n) is 3.98. The van der Waals surface area contributed by atoms with E-state index < -0.39 is 24.5 Å². The highest BCUT2D eigenvalue weighted by molar-refractivity contribution is 5.96. The summed E-state index contributed by atoms with van der Waals surface area (Å²) >= 11 is 0. The Labute approximate surface area is 173 Å². The minimum Gasteiger partial charge on any atom is -0.493 e. The third-order valence-corrected chi connectivity index (χ3v) is 3.98. The Balaban J connectivity index is 1.94. The van der Waals surface area contributed by atoms with Gasteiger partial charge in [0.1, 0.15) is 12.4 Å². The van der Waals surface area contributed by atoms with Crippen molar-refractivity contribution in [2.24, 2.45) is 0 Å². The molecule has 2 N–H and O–H groups in total. The summed E-state index contributed by atoms with van der Waals surface area (Å²) in [4.78, 5) is 34.1. The quantitative estimate of drug-likeness (QED) is 0.492. The molecule has 0 aliphatic heterocycles. The fourth-order valence-corrected chi connectivity index (χ4v) is 2.34. The first kappa shape index (κ1) is 22.5.